The molecule has 0 spiro atoms. The van der Waals surface area contributed by atoms with Crippen LogP contribution in [0.3, 0.4) is 0 Å². The van der Waals surface area contributed by atoms with Crippen LogP contribution >= 0.6 is 0 Å². The van der Waals surface area contributed by atoms with Gasteiger partial charge in [-0.1, -0.05) is 6.07 Å². The fourth-order valence-electron chi connectivity index (χ4n) is 3.34. The van der Waals surface area contributed by atoms with Crippen molar-refractivity contribution in [3.8, 4) is 0 Å². The van der Waals surface area contributed by atoms with Crippen LogP contribution in [0.1, 0.15) is 44.1 Å². The molecule has 1 aromatic heterocycles. The molecule has 1 aliphatic rings. The molecule has 0 radical (unpaired) electrons. The predicted molar refractivity (Wildman–Crippen MR) is 105 cm³/mol. The largest absolute Gasteiger partial charge is 0.483 e. The molecule has 0 saturated carbocycles. The molecule has 2 rings (SSSR count). The lowest BCUT2D eigenvalue weighted by Crippen LogP contribution is -2.41. The minimum absolute atomic E-state index is 0.107. The first-order valence-electron chi connectivity index (χ1n) is 9.54. The van der Waals surface area contributed by atoms with Crippen LogP contribution in [0.25, 0.3) is 0 Å². The lowest BCUT2D eigenvalue weighted by atomic mass is 10.1. The van der Waals surface area contributed by atoms with Crippen LogP contribution in [0.5, 0.6) is 0 Å². The highest BCUT2D eigenvalue weighted by Gasteiger charge is 2.31. The Labute approximate surface area is 166 Å². The van der Waals surface area contributed by atoms with E-state index in [1.54, 1.807) is 6.20 Å². The first-order chi connectivity index (χ1) is 13.5. The van der Waals surface area contributed by atoms with E-state index in [1.807, 2.05) is 19.3 Å². The van der Waals surface area contributed by atoms with Gasteiger partial charge in [0.05, 0.1) is 13.5 Å². The fraction of sp³-hybridized carbons (Fsp3) is 0.600. The van der Waals surface area contributed by atoms with Crippen LogP contribution in [0.2, 0.25) is 0 Å². The Morgan fingerprint density at radius 1 is 1.36 bits per heavy atom. The third-order valence-corrected chi connectivity index (χ3v) is 4.99. The third-order valence-electron chi connectivity index (χ3n) is 4.99. The van der Waals surface area contributed by atoms with E-state index in [1.165, 1.54) is 12.7 Å². The number of hydrogen-bond acceptors (Lipinski definition) is 6. The zero-order valence-corrected chi connectivity index (χ0v) is 16.7. The highest BCUT2D eigenvalue weighted by atomic mass is 16.5. The van der Waals surface area contributed by atoms with E-state index in [9.17, 15) is 9.59 Å². The average Bonchev–Trinajstić information content (AvgIpc) is 3.04. The molecule has 8 nitrogen and oxygen atoms in total. The molecule has 156 valence electrons. The smallest absolute Gasteiger partial charge is 0.307 e. The van der Waals surface area contributed by atoms with Crippen molar-refractivity contribution in [1.29, 1.82) is 0 Å². The third kappa shape index (κ3) is 8.94. The highest BCUT2D eigenvalue weighted by molar-refractivity contribution is 5.75. The Morgan fingerprint density at radius 3 is 2.71 bits per heavy atom. The van der Waals surface area contributed by atoms with Gasteiger partial charge >= 0.3 is 5.97 Å². The van der Waals surface area contributed by atoms with Gasteiger partial charge in [0.25, 0.3) is 6.47 Å². The number of rotatable bonds is 9. The summed E-state index contributed by atoms with van der Waals surface area (Å²) in [4.78, 5) is 38.1. The van der Waals surface area contributed by atoms with Gasteiger partial charge in [0.2, 0.25) is 5.91 Å². The number of esters is 1. The molecular weight excluding hydrogens is 362 g/mol. The molecule has 28 heavy (non-hydrogen) atoms. The number of carbonyl (C=O) groups is 3. The summed E-state index contributed by atoms with van der Waals surface area (Å²) in [5.74, 6) is -0.0637. The van der Waals surface area contributed by atoms with E-state index in [0.29, 0.717) is 25.4 Å². The van der Waals surface area contributed by atoms with E-state index >= 15 is 0 Å². The van der Waals surface area contributed by atoms with Gasteiger partial charge < -0.3 is 15.2 Å². The first kappa shape index (κ1) is 23.6. The molecular formula is C20H31N3O5. The van der Waals surface area contributed by atoms with Gasteiger partial charge in [-0.05, 0) is 50.8 Å². The van der Waals surface area contributed by atoms with Crippen molar-refractivity contribution in [1.82, 2.24) is 15.2 Å². The normalized spacial score (nSPS) is 18.6. The van der Waals surface area contributed by atoms with E-state index in [4.69, 9.17) is 14.6 Å². The number of likely N-dealkylation sites (tertiary alicyclic amines) is 1. The summed E-state index contributed by atoms with van der Waals surface area (Å²) < 4.78 is 4.74. The van der Waals surface area contributed by atoms with Crippen LogP contribution in [-0.2, 0) is 25.5 Å². The van der Waals surface area contributed by atoms with Gasteiger partial charge in [0.15, 0.2) is 0 Å². The lowest BCUT2D eigenvalue weighted by Gasteiger charge is -2.25. The highest BCUT2D eigenvalue weighted by Crippen LogP contribution is 2.24. The quantitative estimate of drug-likeness (QED) is 0.373. The van der Waals surface area contributed by atoms with Crippen LogP contribution in [0, 0.1) is 0 Å². The topological polar surface area (TPSA) is 109 Å². The van der Waals surface area contributed by atoms with Gasteiger partial charge in [-0.25, -0.2) is 0 Å². The number of nitrogens with one attached hydrogen (secondary N) is 1. The number of carbonyl (C=O) groups excluding carboxylic acids is 2. The Hall–Kier alpha value is -2.48. The molecule has 0 bridgehead atoms. The number of methoxy groups -OCH3 is 1. The van der Waals surface area contributed by atoms with E-state index in [0.717, 1.165) is 32.1 Å². The van der Waals surface area contributed by atoms with Crippen molar-refractivity contribution in [3.63, 3.8) is 0 Å². The summed E-state index contributed by atoms with van der Waals surface area (Å²) in [6, 6.07) is 4.52. The Kier molecular flexibility index (Phi) is 11.5. The van der Waals surface area contributed by atoms with Crippen molar-refractivity contribution in [2.24, 2.45) is 0 Å². The van der Waals surface area contributed by atoms with Gasteiger partial charge in [0, 0.05) is 37.4 Å². The maximum atomic E-state index is 12.0. The number of likely N-dealkylation sites (N-methyl/N-ethyl adjacent to an activating group) is 1. The van der Waals surface area contributed by atoms with Crippen LogP contribution < -0.4 is 5.32 Å². The molecule has 2 atom stereocenters. The Balaban J connectivity index is 0.00000122. The number of carboxylic acid groups (broad SMARTS) is 1. The van der Waals surface area contributed by atoms with Crippen molar-refractivity contribution in [2.75, 3.05) is 20.7 Å². The maximum Gasteiger partial charge on any atom is 0.307 e. The number of ether oxygens (including phenoxy) is 1. The van der Waals surface area contributed by atoms with Crippen molar-refractivity contribution in [3.05, 3.63) is 30.1 Å². The fourth-order valence-corrected chi connectivity index (χ4v) is 3.34. The summed E-state index contributed by atoms with van der Waals surface area (Å²) in [6.07, 6.45) is 9.43. The second-order valence-corrected chi connectivity index (χ2v) is 6.81. The maximum absolute atomic E-state index is 12.0. The molecule has 0 unspecified atom stereocenters. The van der Waals surface area contributed by atoms with Crippen LogP contribution in [-0.4, -0.2) is 66.1 Å². The minimum Gasteiger partial charge on any atom is -0.483 e. The number of nitrogens with zero attached hydrogens (tertiary/aromatic N) is 2. The van der Waals surface area contributed by atoms with Gasteiger partial charge in [-0.3, -0.25) is 24.3 Å². The minimum atomic E-state index is -0.250. The van der Waals surface area contributed by atoms with Crippen LogP contribution in [0.15, 0.2) is 24.5 Å². The summed E-state index contributed by atoms with van der Waals surface area (Å²) in [5.41, 5.74) is 1.21. The molecule has 0 aliphatic carbocycles. The number of pyridine rings is 1. The van der Waals surface area contributed by atoms with Crippen molar-refractivity contribution >= 4 is 18.3 Å². The standard InChI is InChI=1S/C19H29N3O3.CH2O2/c1-22-16(12-19(24)25-2)9-10-17(22)14-21-18(23)8-4-3-6-15-7-5-11-20-13-15;2-1-3/h5,7,11,13,16-17H,3-4,6,8-10,12,14H2,1-2H3,(H,21,23);1H,(H,2,3)/t16-,17+;/m1./s1. The lowest BCUT2D eigenvalue weighted by molar-refractivity contribution is -0.141. The van der Waals surface area contributed by atoms with E-state index in [-0.39, 0.29) is 24.4 Å². The monoisotopic (exact) mass is 393 g/mol. The van der Waals surface area contributed by atoms with E-state index in [2.05, 4.69) is 21.3 Å². The van der Waals surface area contributed by atoms with Crippen molar-refractivity contribution < 1.29 is 24.2 Å². The molecule has 8 heteroatoms. The second-order valence-electron chi connectivity index (χ2n) is 6.81. The summed E-state index contributed by atoms with van der Waals surface area (Å²) >= 11 is 0. The molecule has 1 fully saturated rings. The molecule has 1 aromatic rings. The van der Waals surface area contributed by atoms with Gasteiger partial charge in [-0.15, -0.1) is 0 Å². The zero-order chi connectivity index (χ0) is 20.8. The molecule has 1 aliphatic heterocycles. The number of amides is 1. The van der Waals surface area contributed by atoms with E-state index < -0.39 is 0 Å². The van der Waals surface area contributed by atoms with Crippen molar-refractivity contribution in [2.45, 2.75) is 57.0 Å². The Bertz CT molecular complexity index is 597. The number of aromatic nitrogens is 1. The number of aryl methyl sites for hydroxylation is 1. The second kappa shape index (κ2) is 13.7. The number of unbranched alkanes of at least 4 members (excludes halogenated alkanes) is 1. The molecule has 1 amide bonds. The zero-order valence-electron chi connectivity index (χ0n) is 16.7. The van der Waals surface area contributed by atoms with Gasteiger partial charge in [0.1, 0.15) is 0 Å². The summed E-state index contributed by atoms with van der Waals surface area (Å²) in [6.45, 7) is 0.398. The summed E-state index contributed by atoms with van der Waals surface area (Å²) in [7, 11) is 3.44. The molecule has 2 N–H and O–H groups in total. The summed E-state index contributed by atoms with van der Waals surface area (Å²) in [5, 5.41) is 9.92. The SMILES string of the molecule is COC(=O)C[C@H]1CC[C@@H](CNC(=O)CCCCc2cccnc2)N1C.O=CO. The molecule has 1 saturated heterocycles. The van der Waals surface area contributed by atoms with Gasteiger partial charge in [-0.2, -0.15) is 0 Å². The predicted octanol–water partition coefficient (Wildman–Crippen LogP) is 1.64. The molecule has 2 heterocycles. The number of hydrogen-bond donors (Lipinski definition) is 2. The van der Waals surface area contributed by atoms with Crippen LogP contribution in [0.4, 0.5) is 0 Å². The molecule has 0 aromatic carbocycles. The first-order valence-corrected chi connectivity index (χ1v) is 9.54. The Morgan fingerprint density at radius 2 is 2.07 bits per heavy atom. The average molecular weight is 393 g/mol.